The lowest BCUT2D eigenvalue weighted by Crippen LogP contribution is -2.31. The number of Topliss-reactive ketones (excluding diaryl/α,β-unsaturated/α-hetero) is 1. The molecule has 2 aromatic rings. The number of nitrogens with two attached hydrogens (primary N) is 1. The van der Waals surface area contributed by atoms with Gasteiger partial charge in [0.05, 0.1) is 17.1 Å². The molecule has 0 aromatic heterocycles. The molecule has 3 amide bonds. The van der Waals surface area contributed by atoms with Crippen molar-refractivity contribution in [1.29, 1.82) is 0 Å². The Morgan fingerprint density at radius 1 is 0.930 bits per heavy atom. The normalized spacial score (nSPS) is 12.8. The SMILES string of the molecule is C=C1Nc2ccc(NC(=O)C(N=Nc3cc(C(=O)NCCCN)cc(C(=O)NCCCN(CC)CC)c3)C(C)=O)cc2N1. The summed E-state index contributed by atoms with van der Waals surface area (Å²) in [6.45, 7) is 13.2. The summed E-state index contributed by atoms with van der Waals surface area (Å²) >= 11 is 0. The number of azo groups is 1. The molecular formula is C30H41N9O4. The maximum atomic E-state index is 13.0. The molecule has 1 atom stereocenters. The summed E-state index contributed by atoms with van der Waals surface area (Å²) in [5.74, 6) is -1.39. The monoisotopic (exact) mass is 591 g/mol. The van der Waals surface area contributed by atoms with E-state index in [1.54, 1.807) is 18.2 Å². The van der Waals surface area contributed by atoms with E-state index in [1.165, 1.54) is 25.1 Å². The van der Waals surface area contributed by atoms with Crippen LogP contribution in [0.5, 0.6) is 0 Å². The summed E-state index contributed by atoms with van der Waals surface area (Å²) in [6, 6.07) is 8.07. The average Bonchev–Trinajstić information content (AvgIpc) is 3.36. The number of carbonyl (C=O) groups excluding carboxylic acids is 4. The molecule has 0 bridgehead atoms. The van der Waals surface area contributed by atoms with Gasteiger partial charge in [0.15, 0.2) is 5.78 Å². The van der Waals surface area contributed by atoms with Crippen LogP contribution >= 0.6 is 0 Å². The zero-order chi connectivity index (χ0) is 31.4. The molecule has 0 saturated heterocycles. The first-order chi connectivity index (χ1) is 20.6. The maximum Gasteiger partial charge on any atom is 0.258 e. The summed E-state index contributed by atoms with van der Waals surface area (Å²) in [4.78, 5) is 53.4. The summed E-state index contributed by atoms with van der Waals surface area (Å²) in [7, 11) is 0. The van der Waals surface area contributed by atoms with Crippen LogP contribution in [0.1, 0.15) is 54.3 Å². The number of hydrogen-bond donors (Lipinski definition) is 6. The van der Waals surface area contributed by atoms with Gasteiger partial charge in [-0.3, -0.25) is 19.2 Å². The lowest BCUT2D eigenvalue weighted by Gasteiger charge is -2.17. The van der Waals surface area contributed by atoms with E-state index in [9.17, 15) is 19.2 Å². The minimum atomic E-state index is -1.45. The van der Waals surface area contributed by atoms with Gasteiger partial charge in [-0.25, -0.2) is 0 Å². The Hall–Kier alpha value is -4.62. The highest BCUT2D eigenvalue weighted by atomic mass is 16.2. The van der Waals surface area contributed by atoms with E-state index in [1.807, 2.05) is 0 Å². The van der Waals surface area contributed by atoms with E-state index in [0.717, 1.165) is 37.4 Å². The Kier molecular flexibility index (Phi) is 12.3. The number of nitrogens with one attached hydrogen (secondary N) is 5. The number of carbonyl (C=O) groups is 4. The number of hydrogen-bond acceptors (Lipinski definition) is 10. The molecule has 0 radical (unpaired) electrons. The molecule has 2 aromatic carbocycles. The first-order valence-electron chi connectivity index (χ1n) is 14.4. The van der Waals surface area contributed by atoms with Crippen molar-refractivity contribution in [1.82, 2.24) is 15.5 Å². The van der Waals surface area contributed by atoms with Crippen LogP contribution in [-0.4, -0.2) is 73.7 Å². The quantitative estimate of drug-likeness (QED) is 0.0977. The van der Waals surface area contributed by atoms with Crippen molar-refractivity contribution >= 4 is 46.3 Å². The number of benzene rings is 2. The molecule has 3 rings (SSSR count). The Morgan fingerprint density at radius 3 is 2.16 bits per heavy atom. The molecule has 1 heterocycles. The molecular weight excluding hydrogens is 550 g/mol. The topological polar surface area (TPSA) is 182 Å². The van der Waals surface area contributed by atoms with Crippen molar-refractivity contribution in [3.05, 3.63) is 59.9 Å². The molecule has 13 heteroatoms. The van der Waals surface area contributed by atoms with E-state index in [4.69, 9.17) is 5.73 Å². The third-order valence-corrected chi connectivity index (χ3v) is 6.72. The van der Waals surface area contributed by atoms with Gasteiger partial charge in [0.2, 0.25) is 6.04 Å². The summed E-state index contributed by atoms with van der Waals surface area (Å²) < 4.78 is 0. The van der Waals surface area contributed by atoms with Crippen molar-refractivity contribution in [2.75, 3.05) is 55.2 Å². The fourth-order valence-corrected chi connectivity index (χ4v) is 4.33. The lowest BCUT2D eigenvalue weighted by atomic mass is 10.1. The molecule has 0 saturated carbocycles. The summed E-state index contributed by atoms with van der Waals surface area (Å²) in [5.41, 5.74) is 8.04. The smallest absolute Gasteiger partial charge is 0.258 e. The number of nitrogens with zero attached hydrogens (tertiary/aromatic N) is 3. The molecule has 13 nitrogen and oxygen atoms in total. The molecule has 7 N–H and O–H groups in total. The Labute approximate surface area is 251 Å². The number of amides is 3. The Morgan fingerprint density at radius 2 is 1.56 bits per heavy atom. The molecule has 1 aliphatic heterocycles. The highest BCUT2D eigenvalue weighted by Gasteiger charge is 2.24. The first-order valence-corrected chi connectivity index (χ1v) is 14.4. The lowest BCUT2D eigenvalue weighted by molar-refractivity contribution is -0.126. The van der Waals surface area contributed by atoms with Crippen LogP contribution in [0, 0.1) is 0 Å². The number of rotatable bonds is 16. The van der Waals surface area contributed by atoms with Gasteiger partial charge in [0.25, 0.3) is 17.7 Å². The molecule has 0 aliphatic carbocycles. The van der Waals surface area contributed by atoms with E-state index in [0.29, 0.717) is 37.6 Å². The predicted molar refractivity (Wildman–Crippen MR) is 168 cm³/mol. The van der Waals surface area contributed by atoms with Crippen molar-refractivity contribution in [3.63, 3.8) is 0 Å². The van der Waals surface area contributed by atoms with E-state index >= 15 is 0 Å². The van der Waals surface area contributed by atoms with Gasteiger partial charge in [-0.1, -0.05) is 20.4 Å². The van der Waals surface area contributed by atoms with Gasteiger partial charge in [-0.05, 0) is 82.3 Å². The zero-order valence-corrected chi connectivity index (χ0v) is 25.0. The highest BCUT2D eigenvalue weighted by molar-refractivity contribution is 6.10. The predicted octanol–water partition coefficient (Wildman–Crippen LogP) is 3.22. The largest absolute Gasteiger partial charge is 0.352 e. The van der Waals surface area contributed by atoms with Crippen LogP contribution < -0.4 is 32.3 Å². The van der Waals surface area contributed by atoms with Gasteiger partial charge in [0.1, 0.15) is 5.82 Å². The van der Waals surface area contributed by atoms with Crippen molar-refractivity contribution in [3.8, 4) is 0 Å². The molecule has 0 spiro atoms. The van der Waals surface area contributed by atoms with Crippen LogP contribution in [0.15, 0.2) is 59.0 Å². The standard InChI is InChI=1S/C30H41N9O4/c1-5-39(6-2)14-8-13-33-29(42)22-15-21(28(41)32-12-7-11-31)16-24(17-22)37-38-27(19(3)40)30(43)36-23-9-10-25-26(18-23)35-20(4)34-25/h9-10,15-18,27,34-35H,4-8,11-14,31H2,1-3H3,(H,32,41)(H,33,42)(H,36,43). The fraction of sp³-hybridized carbons (Fsp3) is 0.400. The maximum absolute atomic E-state index is 13.0. The van der Waals surface area contributed by atoms with Gasteiger partial charge < -0.3 is 37.2 Å². The highest BCUT2D eigenvalue weighted by Crippen LogP contribution is 2.32. The summed E-state index contributed by atoms with van der Waals surface area (Å²) in [6.07, 6.45) is 1.35. The molecule has 0 fully saturated rings. The number of ketones is 1. The third kappa shape index (κ3) is 9.72. The van der Waals surface area contributed by atoms with E-state index in [-0.39, 0.29) is 22.7 Å². The number of fused-ring (bicyclic) bond motifs is 1. The molecule has 1 aliphatic rings. The molecule has 1 unspecified atom stereocenters. The Bertz CT molecular complexity index is 1370. The van der Waals surface area contributed by atoms with E-state index in [2.05, 4.69) is 62.1 Å². The van der Waals surface area contributed by atoms with Crippen LogP contribution in [0.2, 0.25) is 0 Å². The van der Waals surface area contributed by atoms with Crippen molar-refractivity contribution in [2.24, 2.45) is 16.0 Å². The molecule has 230 valence electrons. The second-order valence-electron chi connectivity index (χ2n) is 10.0. The summed E-state index contributed by atoms with van der Waals surface area (Å²) in [5, 5.41) is 22.5. The van der Waals surface area contributed by atoms with Gasteiger partial charge in [-0.2, -0.15) is 10.2 Å². The van der Waals surface area contributed by atoms with Crippen LogP contribution in [0.25, 0.3) is 0 Å². The Balaban J connectivity index is 1.78. The van der Waals surface area contributed by atoms with E-state index < -0.39 is 23.6 Å². The second kappa shape index (κ2) is 16.1. The van der Waals surface area contributed by atoms with Crippen molar-refractivity contribution < 1.29 is 19.2 Å². The van der Waals surface area contributed by atoms with Crippen LogP contribution in [-0.2, 0) is 9.59 Å². The van der Waals surface area contributed by atoms with Gasteiger partial charge >= 0.3 is 0 Å². The number of anilines is 3. The van der Waals surface area contributed by atoms with Crippen LogP contribution in [0.3, 0.4) is 0 Å². The van der Waals surface area contributed by atoms with Gasteiger partial charge in [-0.15, -0.1) is 0 Å². The van der Waals surface area contributed by atoms with Crippen LogP contribution in [0.4, 0.5) is 22.7 Å². The van der Waals surface area contributed by atoms with Gasteiger partial charge in [0, 0.05) is 29.9 Å². The fourth-order valence-electron chi connectivity index (χ4n) is 4.33. The average molecular weight is 592 g/mol. The zero-order valence-electron chi connectivity index (χ0n) is 25.0. The minimum absolute atomic E-state index is 0.144. The third-order valence-electron chi connectivity index (χ3n) is 6.72. The van der Waals surface area contributed by atoms with Crippen molar-refractivity contribution in [2.45, 2.75) is 39.7 Å². The second-order valence-corrected chi connectivity index (χ2v) is 10.0. The first kappa shape index (κ1) is 32.9. The minimum Gasteiger partial charge on any atom is -0.352 e. The molecule has 43 heavy (non-hydrogen) atoms.